The molecular weight excluding hydrogens is 316 g/mol. The smallest absolute Gasteiger partial charge is 0.233 e. The molecular formula is C20H22N2OS. The van der Waals surface area contributed by atoms with Gasteiger partial charge in [-0.3, -0.25) is 9.78 Å². The molecule has 124 valence electrons. The third-order valence-corrected chi connectivity index (χ3v) is 5.27. The summed E-state index contributed by atoms with van der Waals surface area (Å²) in [6.07, 6.45) is 3.65. The third kappa shape index (κ3) is 3.39. The Bertz CT molecular complexity index is 740. The Labute approximate surface area is 147 Å². The summed E-state index contributed by atoms with van der Waals surface area (Å²) in [4.78, 5) is 18.9. The second-order valence-electron chi connectivity index (χ2n) is 6.37. The first-order chi connectivity index (χ1) is 11.6. The number of nitrogens with zero attached hydrogens (tertiary/aromatic N) is 2. The standard InChI is InChI=1S/C20H22N2OS/c1-4-15-7-9-16(10-8-15)17-6-5-11-21-19(17)20-22(12-14(2)3)18(23)13-24-20/h4-11,14,20H,1,12-13H2,2-3H3. The number of amides is 1. The Morgan fingerprint density at radius 3 is 2.75 bits per heavy atom. The van der Waals surface area contributed by atoms with Gasteiger partial charge in [-0.25, -0.2) is 0 Å². The minimum Gasteiger partial charge on any atom is -0.324 e. The normalized spacial score (nSPS) is 17.5. The molecule has 2 heterocycles. The number of pyridine rings is 1. The second-order valence-corrected chi connectivity index (χ2v) is 7.43. The van der Waals surface area contributed by atoms with E-state index < -0.39 is 0 Å². The van der Waals surface area contributed by atoms with Crippen LogP contribution in [0.15, 0.2) is 49.2 Å². The van der Waals surface area contributed by atoms with Gasteiger partial charge in [-0.1, -0.05) is 56.8 Å². The minimum absolute atomic E-state index is 0.00446. The van der Waals surface area contributed by atoms with E-state index in [-0.39, 0.29) is 11.3 Å². The summed E-state index contributed by atoms with van der Waals surface area (Å²) in [6, 6.07) is 12.3. The Balaban J connectivity index is 1.99. The summed E-state index contributed by atoms with van der Waals surface area (Å²) in [5.74, 6) is 1.18. The quantitative estimate of drug-likeness (QED) is 0.797. The number of hydrogen-bond acceptors (Lipinski definition) is 3. The summed E-state index contributed by atoms with van der Waals surface area (Å²) >= 11 is 1.67. The van der Waals surface area contributed by atoms with E-state index in [9.17, 15) is 4.79 Å². The molecule has 0 N–H and O–H groups in total. The van der Waals surface area contributed by atoms with E-state index in [0.717, 1.165) is 28.9 Å². The lowest BCUT2D eigenvalue weighted by Crippen LogP contribution is -2.32. The number of carbonyl (C=O) groups is 1. The van der Waals surface area contributed by atoms with E-state index in [4.69, 9.17) is 0 Å². The highest BCUT2D eigenvalue weighted by atomic mass is 32.2. The van der Waals surface area contributed by atoms with Crippen molar-refractivity contribution in [1.29, 1.82) is 0 Å². The largest absolute Gasteiger partial charge is 0.324 e. The van der Waals surface area contributed by atoms with Crippen molar-refractivity contribution in [3.05, 3.63) is 60.4 Å². The highest BCUT2D eigenvalue weighted by Crippen LogP contribution is 2.41. The van der Waals surface area contributed by atoms with Crippen molar-refractivity contribution in [3.63, 3.8) is 0 Å². The van der Waals surface area contributed by atoms with Gasteiger partial charge in [0.15, 0.2) is 0 Å². The zero-order valence-corrected chi connectivity index (χ0v) is 14.9. The lowest BCUT2D eigenvalue weighted by molar-refractivity contribution is -0.128. The van der Waals surface area contributed by atoms with Gasteiger partial charge in [-0.2, -0.15) is 0 Å². The van der Waals surface area contributed by atoms with Crippen LogP contribution in [0.1, 0.15) is 30.5 Å². The molecule has 2 aromatic rings. The molecule has 0 radical (unpaired) electrons. The fourth-order valence-electron chi connectivity index (χ4n) is 2.93. The minimum atomic E-state index is -0.00446. The fourth-order valence-corrected chi connectivity index (χ4v) is 4.12. The van der Waals surface area contributed by atoms with Gasteiger partial charge in [0.2, 0.25) is 5.91 Å². The Morgan fingerprint density at radius 1 is 1.33 bits per heavy atom. The first-order valence-electron chi connectivity index (χ1n) is 8.19. The number of benzene rings is 1. The molecule has 1 saturated heterocycles. The SMILES string of the molecule is C=Cc1ccc(-c2cccnc2C2SCC(=O)N2CC(C)C)cc1. The van der Waals surface area contributed by atoms with Crippen molar-refractivity contribution in [3.8, 4) is 11.1 Å². The van der Waals surface area contributed by atoms with Gasteiger partial charge >= 0.3 is 0 Å². The first-order valence-corrected chi connectivity index (χ1v) is 9.24. The third-order valence-electron chi connectivity index (χ3n) is 4.06. The Kier molecular flexibility index (Phi) is 5.05. The monoisotopic (exact) mass is 338 g/mol. The molecule has 3 rings (SSSR count). The average molecular weight is 338 g/mol. The first kappa shape index (κ1) is 16.8. The van der Waals surface area contributed by atoms with Crippen molar-refractivity contribution in [2.75, 3.05) is 12.3 Å². The van der Waals surface area contributed by atoms with Crippen molar-refractivity contribution < 1.29 is 4.79 Å². The van der Waals surface area contributed by atoms with Crippen LogP contribution >= 0.6 is 11.8 Å². The van der Waals surface area contributed by atoms with Crippen LogP contribution in [-0.2, 0) is 4.79 Å². The maximum atomic E-state index is 12.3. The van der Waals surface area contributed by atoms with Gasteiger partial charge in [0, 0.05) is 18.3 Å². The molecule has 4 heteroatoms. The molecule has 24 heavy (non-hydrogen) atoms. The van der Waals surface area contributed by atoms with Crippen LogP contribution in [0, 0.1) is 5.92 Å². The van der Waals surface area contributed by atoms with Gasteiger partial charge in [-0.15, -0.1) is 11.8 Å². The van der Waals surface area contributed by atoms with E-state index >= 15 is 0 Å². The van der Waals surface area contributed by atoms with E-state index in [1.165, 1.54) is 0 Å². The van der Waals surface area contributed by atoms with E-state index in [0.29, 0.717) is 11.7 Å². The topological polar surface area (TPSA) is 33.2 Å². The molecule has 0 spiro atoms. The fraction of sp³-hybridized carbons (Fsp3) is 0.300. The highest BCUT2D eigenvalue weighted by molar-refractivity contribution is 8.00. The van der Waals surface area contributed by atoms with Crippen LogP contribution in [0.2, 0.25) is 0 Å². The zero-order valence-electron chi connectivity index (χ0n) is 14.1. The number of rotatable bonds is 5. The van der Waals surface area contributed by atoms with E-state index in [1.807, 2.05) is 23.2 Å². The van der Waals surface area contributed by atoms with Crippen molar-refractivity contribution in [1.82, 2.24) is 9.88 Å². The molecule has 1 fully saturated rings. The molecule has 3 nitrogen and oxygen atoms in total. The predicted octanol–water partition coefficient (Wildman–Crippen LogP) is 4.62. The Morgan fingerprint density at radius 2 is 2.08 bits per heavy atom. The van der Waals surface area contributed by atoms with E-state index in [2.05, 4.69) is 55.7 Å². The highest BCUT2D eigenvalue weighted by Gasteiger charge is 2.35. The van der Waals surface area contributed by atoms with E-state index in [1.54, 1.807) is 11.8 Å². The average Bonchev–Trinajstić information content (AvgIpc) is 2.95. The van der Waals surface area contributed by atoms with Crippen molar-refractivity contribution in [2.24, 2.45) is 5.92 Å². The summed E-state index contributed by atoms with van der Waals surface area (Å²) in [5.41, 5.74) is 4.28. The number of thioether (sulfide) groups is 1. The molecule has 0 saturated carbocycles. The summed E-state index contributed by atoms with van der Waals surface area (Å²) in [5, 5.41) is -0.00446. The summed E-state index contributed by atoms with van der Waals surface area (Å²) in [6.45, 7) is 8.84. The molecule has 1 aliphatic rings. The lowest BCUT2D eigenvalue weighted by Gasteiger charge is -2.26. The number of carbonyl (C=O) groups excluding carboxylic acids is 1. The molecule has 0 bridgehead atoms. The van der Waals surface area contributed by atoms with Crippen molar-refractivity contribution in [2.45, 2.75) is 19.2 Å². The van der Waals surface area contributed by atoms with Crippen LogP contribution in [0.3, 0.4) is 0 Å². The zero-order chi connectivity index (χ0) is 17.1. The molecule has 1 aromatic heterocycles. The number of hydrogen-bond donors (Lipinski definition) is 0. The van der Waals surface area contributed by atoms with Gasteiger partial charge in [0.25, 0.3) is 0 Å². The van der Waals surface area contributed by atoms with Crippen LogP contribution in [0.25, 0.3) is 17.2 Å². The molecule has 0 aliphatic carbocycles. The predicted molar refractivity (Wildman–Crippen MR) is 102 cm³/mol. The Hall–Kier alpha value is -2.07. The van der Waals surface area contributed by atoms with Crippen molar-refractivity contribution >= 4 is 23.7 Å². The molecule has 1 aromatic carbocycles. The van der Waals surface area contributed by atoms with Gasteiger partial charge in [0.1, 0.15) is 5.37 Å². The van der Waals surface area contributed by atoms with Crippen LogP contribution in [0.5, 0.6) is 0 Å². The summed E-state index contributed by atoms with van der Waals surface area (Å²) < 4.78 is 0. The van der Waals surface area contributed by atoms with Crippen LogP contribution < -0.4 is 0 Å². The van der Waals surface area contributed by atoms with Crippen LogP contribution in [0.4, 0.5) is 0 Å². The van der Waals surface area contributed by atoms with Gasteiger partial charge in [-0.05, 0) is 23.1 Å². The molecule has 1 amide bonds. The lowest BCUT2D eigenvalue weighted by atomic mass is 10.0. The second kappa shape index (κ2) is 7.22. The molecule has 1 aliphatic heterocycles. The number of aromatic nitrogens is 1. The van der Waals surface area contributed by atoms with Crippen LogP contribution in [-0.4, -0.2) is 28.1 Å². The maximum Gasteiger partial charge on any atom is 0.233 e. The van der Waals surface area contributed by atoms with Gasteiger partial charge in [0.05, 0.1) is 11.4 Å². The summed E-state index contributed by atoms with van der Waals surface area (Å²) in [7, 11) is 0. The maximum absolute atomic E-state index is 12.3. The van der Waals surface area contributed by atoms with Gasteiger partial charge < -0.3 is 4.90 Å². The molecule has 1 unspecified atom stereocenters. The molecule has 1 atom stereocenters.